The molecule has 1 aromatic heterocycles. The number of carbonyl (C=O) groups excluding carboxylic acids is 1. The summed E-state index contributed by atoms with van der Waals surface area (Å²) in [5, 5.41) is 0.568. The Hall–Kier alpha value is -3.66. The van der Waals surface area contributed by atoms with Gasteiger partial charge in [-0.1, -0.05) is 48.5 Å². The van der Waals surface area contributed by atoms with Crippen molar-refractivity contribution >= 4 is 16.9 Å². The van der Waals surface area contributed by atoms with Crippen LogP contribution >= 0.6 is 0 Å². The van der Waals surface area contributed by atoms with Crippen LogP contribution in [0.4, 0.5) is 0 Å². The molecule has 28 heavy (non-hydrogen) atoms. The van der Waals surface area contributed by atoms with E-state index in [0.29, 0.717) is 22.1 Å². The number of hydrogen-bond donors (Lipinski definition) is 0. The molecule has 4 aromatic rings. The third-order valence-corrected chi connectivity index (χ3v) is 4.77. The molecule has 4 heteroatoms. The second-order valence-electron chi connectivity index (χ2n) is 6.64. The van der Waals surface area contributed by atoms with Crippen LogP contribution in [0, 0.1) is 13.8 Å². The maximum Gasteiger partial charge on any atom is 0.348 e. The molecule has 0 atom stereocenters. The summed E-state index contributed by atoms with van der Waals surface area (Å²) in [5.41, 5.74) is 3.20. The molecular formula is C24H18O4. The van der Waals surface area contributed by atoms with Crippen LogP contribution in [-0.2, 0) is 0 Å². The van der Waals surface area contributed by atoms with Gasteiger partial charge in [0.2, 0.25) is 0 Å². The zero-order valence-corrected chi connectivity index (χ0v) is 15.6. The highest BCUT2D eigenvalue weighted by Gasteiger charge is 2.21. The minimum Gasteiger partial charge on any atom is -0.422 e. The van der Waals surface area contributed by atoms with E-state index in [-0.39, 0.29) is 11.3 Å². The molecular weight excluding hydrogens is 352 g/mol. The number of hydrogen-bond acceptors (Lipinski definition) is 4. The molecule has 0 spiro atoms. The number of para-hydroxylation sites is 1. The van der Waals surface area contributed by atoms with Crippen LogP contribution in [0.1, 0.15) is 21.5 Å². The Morgan fingerprint density at radius 1 is 0.857 bits per heavy atom. The molecule has 138 valence electrons. The maximum absolute atomic E-state index is 12.9. The number of aryl methyl sites for hydroxylation is 2. The molecule has 0 unspecified atom stereocenters. The van der Waals surface area contributed by atoms with Crippen molar-refractivity contribution in [2.45, 2.75) is 13.8 Å². The second kappa shape index (κ2) is 7.16. The molecule has 4 rings (SSSR count). The monoisotopic (exact) mass is 370 g/mol. The number of carbonyl (C=O) groups is 1. The van der Waals surface area contributed by atoms with Crippen LogP contribution in [-0.4, -0.2) is 5.97 Å². The molecule has 4 nitrogen and oxygen atoms in total. The van der Waals surface area contributed by atoms with E-state index in [1.807, 2.05) is 44.2 Å². The van der Waals surface area contributed by atoms with Gasteiger partial charge in [-0.3, -0.25) is 0 Å². The highest BCUT2D eigenvalue weighted by atomic mass is 16.5. The minimum atomic E-state index is -0.548. The van der Waals surface area contributed by atoms with Crippen molar-refractivity contribution in [1.29, 1.82) is 0 Å². The largest absolute Gasteiger partial charge is 0.422 e. The van der Waals surface area contributed by atoms with Crippen molar-refractivity contribution in [2.24, 2.45) is 0 Å². The van der Waals surface area contributed by atoms with Crippen LogP contribution < -0.4 is 10.4 Å². The highest BCUT2D eigenvalue weighted by Crippen LogP contribution is 2.34. The van der Waals surface area contributed by atoms with E-state index >= 15 is 0 Å². The number of ether oxygens (including phenoxy) is 1. The number of esters is 1. The first-order chi connectivity index (χ1) is 13.5. The second-order valence-corrected chi connectivity index (χ2v) is 6.64. The van der Waals surface area contributed by atoms with Crippen molar-refractivity contribution in [3.8, 4) is 16.9 Å². The van der Waals surface area contributed by atoms with E-state index in [1.54, 1.807) is 42.5 Å². The predicted octanol–water partition coefficient (Wildman–Crippen LogP) is 5.30. The summed E-state index contributed by atoms with van der Waals surface area (Å²) >= 11 is 0. The minimum absolute atomic E-state index is 0.210. The number of benzene rings is 3. The van der Waals surface area contributed by atoms with Crippen molar-refractivity contribution in [3.63, 3.8) is 0 Å². The highest BCUT2D eigenvalue weighted by molar-refractivity contribution is 5.97. The Balaban J connectivity index is 1.90. The van der Waals surface area contributed by atoms with Gasteiger partial charge in [0.25, 0.3) is 0 Å². The first kappa shape index (κ1) is 17.7. The molecule has 1 heterocycles. The number of rotatable bonds is 3. The van der Waals surface area contributed by atoms with Gasteiger partial charge >= 0.3 is 11.6 Å². The molecule has 0 aliphatic heterocycles. The lowest BCUT2D eigenvalue weighted by Gasteiger charge is -2.12. The van der Waals surface area contributed by atoms with Crippen LogP contribution in [0.5, 0.6) is 5.75 Å². The van der Waals surface area contributed by atoms with Gasteiger partial charge in [-0.15, -0.1) is 0 Å². The quantitative estimate of drug-likeness (QED) is 0.363. The molecule has 0 aliphatic rings. The lowest BCUT2D eigenvalue weighted by atomic mass is 10.0. The van der Waals surface area contributed by atoms with Gasteiger partial charge in [0.15, 0.2) is 5.75 Å². The van der Waals surface area contributed by atoms with Gasteiger partial charge in [-0.25, -0.2) is 9.59 Å². The predicted molar refractivity (Wildman–Crippen MR) is 109 cm³/mol. The molecule has 0 aliphatic carbocycles. The zero-order valence-electron chi connectivity index (χ0n) is 15.6. The fourth-order valence-corrected chi connectivity index (χ4v) is 3.10. The van der Waals surface area contributed by atoms with E-state index in [2.05, 4.69) is 0 Å². The van der Waals surface area contributed by atoms with E-state index < -0.39 is 11.6 Å². The van der Waals surface area contributed by atoms with Gasteiger partial charge in [-0.05, 0) is 54.8 Å². The van der Waals surface area contributed by atoms with Crippen molar-refractivity contribution in [2.75, 3.05) is 0 Å². The lowest BCUT2D eigenvalue weighted by molar-refractivity contribution is 0.0737. The van der Waals surface area contributed by atoms with Crippen LogP contribution in [0.3, 0.4) is 0 Å². The summed E-state index contributed by atoms with van der Waals surface area (Å²) in [6.45, 7) is 3.92. The van der Waals surface area contributed by atoms with Crippen LogP contribution in [0.2, 0.25) is 0 Å². The molecule has 0 bridgehead atoms. The van der Waals surface area contributed by atoms with E-state index in [1.165, 1.54) is 0 Å². The molecule has 0 saturated heterocycles. The average molecular weight is 370 g/mol. The van der Waals surface area contributed by atoms with E-state index in [0.717, 1.165) is 11.1 Å². The summed E-state index contributed by atoms with van der Waals surface area (Å²) in [5.74, 6) is -0.308. The molecule has 3 aromatic carbocycles. The zero-order chi connectivity index (χ0) is 19.7. The Bertz CT molecular complexity index is 1240. The fraction of sp³-hybridized carbons (Fsp3) is 0.0833. The Labute approximate surface area is 162 Å². The Kier molecular flexibility index (Phi) is 4.53. The van der Waals surface area contributed by atoms with E-state index in [9.17, 15) is 9.59 Å². The summed E-state index contributed by atoms with van der Waals surface area (Å²) in [4.78, 5) is 25.6. The van der Waals surface area contributed by atoms with Crippen molar-refractivity contribution < 1.29 is 13.9 Å². The molecule has 0 amide bonds. The van der Waals surface area contributed by atoms with Crippen LogP contribution in [0.15, 0.2) is 82.0 Å². The summed E-state index contributed by atoms with van der Waals surface area (Å²) in [6, 6.07) is 21.5. The normalized spacial score (nSPS) is 10.8. The standard InChI is InChI=1S/C24H18O4/c1-15-12-13-18(14-16(15)2)23(25)28-22-19-10-6-7-11-20(19)27-24(26)21(22)17-8-4-3-5-9-17/h3-14H,1-2H3. The van der Waals surface area contributed by atoms with Crippen molar-refractivity contribution in [1.82, 2.24) is 0 Å². The summed E-state index contributed by atoms with van der Waals surface area (Å²) in [7, 11) is 0. The third-order valence-electron chi connectivity index (χ3n) is 4.77. The summed E-state index contributed by atoms with van der Waals surface area (Å²) in [6.07, 6.45) is 0. The first-order valence-electron chi connectivity index (χ1n) is 8.95. The van der Waals surface area contributed by atoms with Gasteiger partial charge < -0.3 is 9.15 Å². The topological polar surface area (TPSA) is 56.5 Å². The molecule has 0 N–H and O–H groups in total. The van der Waals surface area contributed by atoms with Gasteiger partial charge in [0, 0.05) is 0 Å². The summed E-state index contributed by atoms with van der Waals surface area (Å²) < 4.78 is 11.2. The molecule has 0 saturated carbocycles. The van der Waals surface area contributed by atoms with Gasteiger partial charge in [0.1, 0.15) is 11.1 Å². The third kappa shape index (κ3) is 3.21. The number of fused-ring (bicyclic) bond motifs is 1. The maximum atomic E-state index is 12.9. The Morgan fingerprint density at radius 2 is 1.57 bits per heavy atom. The molecule has 0 radical (unpaired) electrons. The SMILES string of the molecule is Cc1ccc(C(=O)Oc2c(-c3ccccc3)c(=O)oc3ccccc23)cc1C. The Morgan fingerprint density at radius 3 is 2.32 bits per heavy atom. The molecule has 0 fully saturated rings. The smallest absolute Gasteiger partial charge is 0.348 e. The van der Waals surface area contributed by atoms with Crippen LogP contribution in [0.25, 0.3) is 22.1 Å². The van der Waals surface area contributed by atoms with Crippen molar-refractivity contribution in [3.05, 3.63) is 99.9 Å². The van der Waals surface area contributed by atoms with Gasteiger partial charge in [-0.2, -0.15) is 0 Å². The fourth-order valence-electron chi connectivity index (χ4n) is 3.10. The van der Waals surface area contributed by atoms with Gasteiger partial charge in [0.05, 0.1) is 10.9 Å². The first-order valence-corrected chi connectivity index (χ1v) is 8.95. The van der Waals surface area contributed by atoms with E-state index in [4.69, 9.17) is 9.15 Å². The average Bonchev–Trinajstić information content (AvgIpc) is 2.70. The lowest BCUT2D eigenvalue weighted by Crippen LogP contribution is -2.13.